The Labute approximate surface area is 174 Å². The number of rotatable bonds is 10. The second kappa shape index (κ2) is 9.71. The van der Waals surface area contributed by atoms with Crippen molar-refractivity contribution in [1.82, 2.24) is 15.3 Å². The Morgan fingerprint density at radius 2 is 1.77 bits per heavy atom. The standard InChI is InChI=1S/C22H23N5O3/c23-21(28)22(11-7-18-4-3-12-25-16-18,19-5-1-2-6-20(19)27(29)30)26-15-10-17-8-13-24-14-9-17/h1-6,8-9,12-14,16,26H,7,10-11,15H2,(H2,23,28). The molecule has 0 saturated heterocycles. The number of primary amides is 1. The number of amides is 1. The SMILES string of the molecule is NC(=O)C(CCc1cccnc1)(NCCc1ccncc1)c1ccccc1[N+](=O)[O-]. The normalized spacial score (nSPS) is 12.8. The van der Waals surface area contributed by atoms with Gasteiger partial charge in [0.25, 0.3) is 5.69 Å². The van der Waals surface area contributed by atoms with E-state index in [0.29, 0.717) is 19.4 Å². The van der Waals surface area contributed by atoms with E-state index < -0.39 is 16.4 Å². The molecule has 0 aliphatic rings. The summed E-state index contributed by atoms with van der Waals surface area (Å²) in [5.41, 5.74) is 6.54. The number of hydrogen-bond donors (Lipinski definition) is 2. The van der Waals surface area contributed by atoms with Gasteiger partial charge < -0.3 is 5.73 Å². The highest BCUT2D eigenvalue weighted by Crippen LogP contribution is 2.33. The summed E-state index contributed by atoms with van der Waals surface area (Å²) in [5, 5.41) is 14.9. The lowest BCUT2D eigenvalue weighted by atomic mass is 9.82. The van der Waals surface area contributed by atoms with Crippen LogP contribution >= 0.6 is 0 Å². The van der Waals surface area contributed by atoms with Crippen LogP contribution in [0.3, 0.4) is 0 Å². The molecule has 0 aliphatic heterocycles. The molecule has 0 saturated carbocycles. The largest absolute Gasteiger partial charge is 0.368 e. The van der Waals surface area contributed by atoms with Crippen LogP contribution < -0.4 is 11.1 Å². The van der Waals surface area contributed by atoms with Crippen LogP contribution in [0.15, 0.2) is 73.3 Å². The number of nitrogens with one attached hydrogen (secondary N) is 1. The van der Waals surface area contributed by atoms with Crippen molar-refractivity contribution in [2.24, 2.45) is 5.73 Å². The Balaban J connectivity index is 1.94. The van der Waals surface area contributed by atoms with Crippen LogP contribution in [-0.2, 0) is 23.2 Å². The van der Waals surface area contributed by atoms with E-state index in [1.165, 1.54) is 6.07 Å². The van der Waals surface area contributed by atoms with E-state index in [-0.39, 0.29) is 17.7 Å². The molecule has 0 bridgehead atoms. The number of aryl methyl sites for hydroxylation is 1. The van der Waals surface area contributed by atoms with Crippen LogP contribution in [-0.4, -0.2) is 27.3 Å². The highest BCUT2D eigenvalue weighted by atomic mass is 16.6. The van der Waals surface area contributed by atoms with Crippen molar-refractivity contribution in [2.75, 3.05) is 6.54 Å². The molecule has 3 aromatic rings. The van der Waals surface area contributed by atoms with Crippen LogP contribution in [0.25, 0.3) is 0 Å². The van der Waals surface area contributed by atoms with Crippen molar-refractivity contribution >= 4 is 11.6 Å². The summed E-state index contributed by atoms with van der Waals surface area (Å²) < 4.78 is 0. The number of para-hydroxylation sites is 1. The van der Waals surface area contributed by atoms with Gasteiger partial charge in [0.05, 0.1) is 10.5 Å². The van der Waals surface area contributed by atoms with E-state index in [1.54, 1.807) is 43.0 Å². The van der Waals surface area contributed by atoms with Gasteiger partial charge in [0.15, 0.2) is 0 Å². The van der Waals surface area contributed by atoms with Crippen LogP contribution in [0.1, 0.15) is 23.1 Å². The van der Waals surface area contributed by atoms with Crippen LogP contribution in [0.2, 0.25) is 0 Å². The molecule has 3 N–H and O–H groups in total. The molecule has 0 radical (unpaired) electrons. The van der Waals surface area contributed by atoms with E-state index in [9.17, 15) is 14.9 Å². The number of pyridine rings is 2. The molecular weight excluding hydrogens is 382 g/mol. The monoisotopic (exact) mass is 405 g/mol. The lowest BCUT2D eigenvalue weighted by Crippen LogP contribution is -2.54. The number of carbonyl (C=O) groups is 1. The number of nitro groups is 1. The third kappa shape index (κ3) is 4.84. The topological polar surface area (TPSA) is 124 Å². The van der Waals surface area contributed by atoms with Gasteiger partial charge in [0, 0.05) is 37.4 Å². The summed E-state index contributed by atoms with van der Waals surface area (Å²) in [4.78, 5) is 32.1. The Morgan fingerprint density at radius 1 is 1.00 bits per heavy atom. The fourth-order valence-corrected chi connectivity index (χ4v) is 3.50. The molecular formula is C22H23N5O3. The Hall–Kier alpha value is -3.65. The maximum Gasteiger partial charge on any atom is 0.274 e. The van der Waals surface area contributed by atoms with Gasteiger partial charge in [-0.2, -0.15) is 0 Å². The van der Waals surface area contributed by atoms with Gasteiger partial charge in [0.1, 0.15) is 5.54 Å². The van der Waals surface area contributed by atoms with Crippen LogP contribution in [0.4, 0.5) is 5.69 Å². The molecule has 1 aromatic carbocycles. The lowest BCUT2D eigenvalue weighted by molar-refractivity contribution is -0.386. The second-order valence-corrected chi connectivity index (χ2v) is 6.94. The van der Waals surface area contributed by atoms with E-state index in [4.69, 9.17) is 5.73 Å². The molecule has 8 heteroatoms. The summed E-state index contributed by atoms with van der Waals surface area (Å²) in [6.07, 6.45) is 8.12. The number of benzene rings is 1. The zero-order valence-electron chi connectivity index (χ0n) is 16.4. The Morgan fingerprint density at radius 3 is 2.43 bits per heavy atom. The average Bonchev–Trinajstić information content (AvgIpc) is 2.77. The van der Waals surface area contributed by atoms with Gasteiger partial charge in [-0.05, 0) is 54.7 Å². The zero-order chi connectivity index (χ0) is 21.4. The summed E-state index contributed by atoms with van der Waals surface area (Å²) in [5.74, 6) is -0.657. The Kier molecular flexibility index (Phi) is 6.82. The molecule has 1 unspecified atom stereocenters. The van der Waals surface area contributed by atoms with Crippen LogP contribution in [0.5, 0.6) is 0 Å². The van der Waals surface area contributed by atoms with Gasteiger partial charge in [-0.25, -0.2) is 0 Å². The van der Waals surface area contributed by atoms with E-state index in [0.717, 1.165) is 11.1 Å². The molecule has 30 heavy (non-hydrogen) atoms. The number of hydrogen-bond acceptors (Lipinski definition) is 6. The molecule has 2 heterocycles. The highest BCUT2D eigenvalue weighted by Gasteiger charge is 2.42. The minimum Gasteiger partial charge on any atom is -0.368 e. The highest BCUT2D eigenvalue weighted by molar-refractivity contribution is 5.87. The van der Waals surface area contributed by atoms with E-state index >= 15 is 0 Å². The first-order chi connectivity index (χ1) is 14.5. The molecule has 1 amide bonds. The van der Waals surface area contributed by atoms with Gasteiger partial charge >= 0.3 is 0 Å². The summed E-state index contributed by atoms with van der Waals surface area (Å²) in [7, 11) is 0. The third-order valence-electron chi connectivity index (χ3n) is 5.08. The van der Waals surface area contributed by atoms with E-state index in [1.807, 2.05) is 24.3 Å². The van der Waals surface area contributed by atoms with Crippen molar-refractivity contribution in [3.8, 4) is 0 Å². The van der Waals surface area contributed by atoms with Crippen molar-refractivity contribution in [3.63, 3.8) is 0 Å². The predicted octanol–water partition coefficient (Wildman–Crippen LogP) is 2.53. The number of nitrogens with two attached hydrogens (primary N) is 1. The first-order valence-electron chi connectivity index (χ1n) is 9.59. The fraction of sp³-hybridized carbons (Fsp3) is 0.227. The van der Waals surface area contributed by atoms with Gasteiger partial charge in [-0.1, -0.05) is 18.2 Å². The van der Waals surface area contributed by atoms with Gasteiger partial charge in [0.2, 0.25) is 5.91 Å². The first kappa shape index (κ1) is 21.1. The molecule has 8 nitrogen and oxygen atoms in total. The Bertz CT molecular complexity index is 998. The molecule has 1 atom stereocenters. The minimum absolute atomic E-state index is 0.140. The van der Waals surface area contributed by atoms with Crippen molar-refractivity contribution in [1.29, 1.82) is 0 Å². The van der Waals surface area contributed by atoms with E-state index in [2.05, 4.69) is 15.3 Å². The maximum absolute atomic E-state index is 12.8. The van der Waals surface area contributed by atoms with Crippen LogP contribution in [0, 0.1) is 10.1 Å². The molecule has 2 aromatic heterocycles. The van der Waals surface area contributed by atoms with Gasteiger partial charge in [-0.15, -0.1) is 0 Å². The van der Waals surface area contributed by atoms with Crippen molar-refractivity contribution < 1.29 is 9.72 Å². The second-order valence-electron chi connectivity index (χ2n) is 6.94. The summed E-state index contributed by atoms with van der Waals surface area (Å²) in [6.45, 7) is 0.409. The quantitative estimate of drug-likeness (QED) is 0.394. The molecule has 0 fully saturated rings. The predicted molar refractivity (Wildman–Crippen MR) is 112 cm³/mol. The van der Waals surface area contributed by atoms with Crippen molar-refractivity contribution in [2.45, 2.75) is 24.8 Å². The smallest absolute Gasteiger partial charge is 0.274 e. The fourth-order valence-electron chi connectivity index (χ4n) is 3.50. The van der Waals surface area contributed by atoms with Gasteiger partial charge in [-0.3, -0.25) is 30.2 Å². The summed E-state index contributed by atoms with van der Waals surface area (Å²) >= 11 is 0. The average molecular weight is 405 g/mol. The molecule has 0 spiro atoms. The number of carbonyl (C=O) groups excluding carboxylic acids is 1. The lowest BCUT2D eigenvalue weighted by Gasteiger charge is -2.32. The maximum atomic E-state index is 12.8. The first-order valence-corrected chi connectivity index (χ1v) is 9.59. The number of nitro benzene ring substituents is 1. The third-order valence-corrected chi connectivity index (χ3v) is 5.08. The summed E-state index contributed by atoms with van der Waals surface area (Å²) in [6, 6.07) is 13.7. The number of nitrogens with zero attached hydrogens (tertiary/aromatic N) is 3. The number of aromatic nitrogens is 2. The zero-order valence-corrected chi connectivity index (χ0v) is 16.4. The molecule has 0 aliphatic carbocycles. The minimum atomic E-state index is -1.40. The molecule has 3 rings (SSSR count). The van der Waals surface area contributed by atoms with Crippen molar-refractivity contribution in [3.05, 3.63) is 100 Å². The molecule has 154 valence electrons.